The minimum atomic E-state index is -0.0935. The number of carbonyl (C=O) groups is 1. The van der Waals surface area contributed by atoms with Crippen LogP contribution in [0.4, 0.5) is 11.4 Å². The number of nitrogens with zero attached hydrogens (tertiary/aromatic N) is 3. The molecule has 6 rings (SSSR count). The van der Waals surface area contributed by atoms with E-state index in [0.717, 1.165) is 65.1 Å². The largest absolute Gasteiger partial charge is 0.489 e. The van der Waals surface area contributed by atoms with E-state index >= 15 is 0 Å². The summed E-state index contributed by atoms with van der Waals surface area (Å²) in [5, 5.41) is 7.56. The Bertz CT molecular complexity index is 1370. The van der Waals surface area contributed by atoms with Gasteiger partial charge >= 0.3 is 0 Å². The number of aromatic amines is 1. The first-order chi connectivity index (χ1) is 16.7. The maximum Gasteiger partial charge on any atom is 0.255 e. The molecule has 9 heteroatoms. The van der Waals surface area contributed by atoms with Crippen LogP contribution < -0.4 is 15.4 Å². The lowest BCUT2D eigenvalue weighted by Crippen LogP contribution is -2.31. The van der Waals surface area contributed by atoms with Gasteiger partial charge in [-0.2, -0.15) is 0 Å². The van der Waals surface area contributed by atoms with Gasteiger partial charge in [0, 0.05) is 61.9 Å². The van der Waals surface area contributed by atoms with Crippen LogP contribution in [-0.4, -0.2) is 51.3 Å². The standard InChI is InChI=1S/C25H26N6O3/c1-31-13-19(16-4-7-26-11-20(16)31)30-24-22-18(6-9-28-25(22)32)29-23(24)17-5-8-27-12-21(17)34-14-15-3-2-10-33-15/h4-5,7-8,11-13,15,29-30H,2-3,6,9-10,14H2,1H3,(H,28,32). The third-order valence-corrected chi connectivity index (χ3v) is 6.52. The number of fused-ring (bicyclic) bond motifs is 2. The van der Waals surface area contributed by atoms with Gasteiger partial charge in [-0.05, 0) is 25.0 Å². The highest BCUT2D eigenvalue weighted by Gasteiger charge is 2.29. The molecule has 2 aliphatic heterocycles. The molecule has 0 aromatic carbocycles. The summed E-state index contributed by atoms with van der Waals surface area (Å²) in [6, 6.07) is 3.89. The van der Waals surface area contributed by atoms with Crippen LogP contribution in [0.25, 0.3) is 22.2 Å². The quantitative estimate of drug-likeness (QED) is 0.408. The first kappa shape index (κ1) is 20.7. The van der Waals surface area contributed by atoms with Gasteiger partial charge < -0.3 is 29.7 Å². The molecule has 34 heavy (non-hydrogen) atoms. The first-order valence-electron chi connectivity index (χ1n) is 11.6. The van der Waals surface area contributed by atoms with Crippen molar-refractivity contribution in [2.75, 3.05) is 25.1 Å². The molecule has 0 aliphatic carbocycles. The molecule has 4 aromatic heterocycles. The van der Waals surface area contributed by atoms with E-state index in [1.807, 2.05) is 36.1 Å². The van der Waals surface area contributed by atoms with Crippen LogP contribution in [-0.2, 0) is 18.2 Å². The van der Waals surface area contributed by atoms with E-state index in [2.05, 4.69) is 25.6 Å². The highest BCUT2D eigenvalue weighted by atomic mass is 16.5. The predicted octanol–water partition coefficient (Wildman–Crippen LogP) is 3.55. The summed E-state index contributed by atoms with van der Waals surface area (Å²) in [5.41, 5.74) is 5.82. The number of ether oxygens (including phenoxy) is 2. The van der Waals surface area contributed by atoms with Crippen LogP contribution in [0.3, 0.4) is 0 Å². The summed E-state index contributed by atoms with van der Waals surface area (Å²) < 4.78 is 13.9. The van der Waals surface area contributed by atoms with Crippen molar-refractivity contribution in [2.45, 2.75) is 25.4 Å². The van der Waals surface area contributed by atoms with E-state index in [-0.39, 0.29) is 12.0 Å². The number of anilines is 2. The van der Waals surface area contributed by atoms with Crippen molar-refractivity contribution in [3.8, 4) is 17.0 Å². The lowest BCUT2D eigenvalue weighted by atomic mass is 10.0. The van der Waals surface area contributed by atoms with Crippen LogP contribution in [0.1, 0.15) is 28.9 Å². The molecule has 1 unspecified atom stereocenters. The van der Waals surface area contributed by atoms with Crippen LogP contribution in [0.5, 0.6) is 5.75 Å². The van der Waals surface area contributed by atoms with Gasteiger partial charge in [0.25, 0.3) is 5.91 Å². The molecule has 1 fully saturated rings. The Labute approximate surface area is 196 Å². The van der Waals surface area contributed by atoms with Gasteiger partial charge in [0.05, 0.1) is 46.6 Å². The van der Waals surface area contributed by atoms with Crippen LogP contribution in [0.15, 0.2) is 43.1 Å². The minimum absolute atomic E-state index is 0.0935. The van der Waals surface area contributed by atoms with Crippen molar-refractivity contribution in [3.63, 3.8) is 0 Å². The highest BCUT2D eigenvalue weighted by Crippen LogP contribution is 2.41. The van der Waals surface area contributed by atoms with Crippen molar-refractivity contribution in [2.24, 2.45) is 7.05 Å². The lowest BCUT2D eigenvalue weighted by molar-refractivity contribution is 0.0680. The molecular weight excluding hydrogens is 432 g/mol. The third kappa shape index (κ3) is 3.58. The van der Waals surface area contributed by atoms with Crippen LogP contribution in [0.2, 0.25) is 0 Å². The number of carbonyl (C=O) groups excluding carboxylic acids is 1. The van der Waals surface area contributed by atoms with Gasteiger partial charge in [-0.25, -0.2) is 0 Å². The summed E-state index contributed by atoms with van der Waals surface area (Å²) in [7, 11) is 1.98. The fraction of sp³-hybridized carbons (Fsp3) is 0.320. The maximum absolute atomic E-state index is 12.9. The molecule has 0 spiro atoms. The van der Waals surface area contributed by atoms with Gasteiger partial charge in [-0.1, -0.05) is 0 Å². The molecule has 174 valence electrons. The molecule has 6 heterocycles. The third-order valence-electron chi connectivity index (χ3n) is 6.52. The Kier molecular flexibility index (Phi) is 5.18. The average molecular weight is 459 g/mol. The second kappa shape index (κ2) is 8.49. The second-order valence-corrected chi connectivity index (χ2v) is 8.72. The van der Waals surface area contributed by atoms with Gasteiger partial charge in [-0.3, -0.25) is 14.8 Å². The predicted molar refractivity (Wildman–Crippen MR) is 129 cm³/mol. The van der Waals surface area contributed by atoms with E-state index < -0.39 is 0 Å². The number of H-pyrrole nitrogens is 1. The summed E-state index contributed by atoms with van der Waals surface area (Å²) in [4.78, 5) is 25.0. The number of hydrogen-bond donors (Lipinski definition) is 3. The highest BCUT2D eigenvalue weighted by molar-refractivity contribution is 6.08. The molecule has 1 amide bonds. The number of pyridine rings is 2. The summed E-state index contributed by atoms with van der Waals surface area (Å²) in [6.45, 7) is 1.85. The molecule has 0 saturated carbocycles. The minimum Gasteiger partial charge on any atom is -0.489 e. The zero-order chi connectivity index (χ0) is 23.1. The number of amides is 1. The Balaban J connectivity index is 1.44. The summed E-state index contributed by atoms with van der Waals surface area (Å²) in [6.07, 6.45) is 11.9. The van der Waals surface area contributed by atoms with E-state index in [0.29, 0.717) is 24.5 Å². The fourth-order valence-corrected chi connectivity index (χ4v) is 4.83. The van der Waals surface area contributed by atoms with Crippen LogP contribution >= 0.6 is 0 Å². The normalized spacial score (nSPS) is 17.6. The zero-order valence-corrected chi connectivity index (χ0v) is 18.9. The Morgan fingerprint density at radius 1 is 1.26 bits per heavy atom. The van der Waals surface area contributed by atoms with Crippen LogP contribution in [0, 0.1) is 0 Å². The first-order valence-corrected chi connectivity index (χ1v) is 11.6. The number of hydrogen-bond acceptors (Lipinski definition) is 6. The van der Waals surface area contributed by atoms with Gasteiger partial charge in [0.1, 0.15) is 12.4 Å². The molecule has 2 aliphatic rings. The van der Waals surface area contributed by atoms with Crippen molar-refractivity contribution in [1.29, 1.82) is 0 Å². The van der Waals surface area contributed by atoms with Gasteiger partial charge in [0.2, 0.25) is 0 Å². The van der Waals surface area contributed by atoms with E-state index in [4.69, 9.17) is 9.47 Å². The lowest BCUT2D eigenvalue weighted by Gasteiger charge is -2.16. The maximum atomic E-state index is 12.9. The Morgan fingerprint density at radius 3 is 3.03 bits per heavy atom. The molecule has 9 nitrogen and oxygen atoms in total. The summed E-state index contributed by atoms with van der Waals surface area (Å²) in [5.74, 6) is 0.561. The second-order valence-electron chi connectivity index (χ2n) is 8.72. The van der Waals surface area contributed by atoms with E-state index in [1.165, 1.54) is 0 Å². The molecular formula is C25H26N6O3. The fourth-order valence-electron chi connectivity index (χ4n) is 4.83. The summed E-state index contributed by atoms with van der Waals surface area (Å²) >= 11 is 0. The molecule has 4 aromatic rings. The molecule has 1 atom stereocenters. The average Bonchev–Trinajstić information content (AvgIpc) is 3.58. The Morgan fingerprint density at radius 2 is 2.15 bits per heavy atom. The van der Waals surface area contributed by atoms with Crippen molar-refractivity contribution < 1.29 is 14.3 Å². The van der Waals surface area contributed by atoms with Gasteiger partial charge in [0.15, 0.2) is 0 Å². The molecule has 1 saturated heterocycles. The number of aryl methyl sites for hydroxylation is 1. The molecule has 0 bridgehead atoms. The van der Waals surface area contributed by atoms with E-state index in [9.17, 15) is 4.79 Å². The zero-order valence-electron chi connectivity index (χ0n) is 18.9. The number of rotatable bonds is 6. The molecule has 0 radical (unpaired) electrons. The molecule has 3 N–H and O–H groups in total. The smallest absolute Gasteiger partial charge is 0.255 e. The monoisotopic (exact) mass is 458 g/mol. The topological polar surface area (TPSA) is 106 Å². The SMILES string of the molecule is Cn1cc(Nc2c(-c3ccncc3OCC3CCCO3)[nH]c3c2C(=O)NCC3)c2ccncc21. The number of nitrogens with one attached hydrogen (secondary N) is 3. The van der Waals surface area contributed by atoms with E-state index in [1.54, 1.807) is 18.6 Å². The van der Waals surface area contributed by atoms with Crippen molar-refractivity contribution in [3.05, 3.63) is 54.4 Å². The van der Waals surface area contributed by atoms with Gasteiger partial charge in [-0.15, -0.1) is 0 Å². The number of aromatic nitrogens is 4. The Hall–Kier alpha value is -3.85. The van der Waals surface area contributed by atoms with Crippen molar-refractivity contribution >= 4 is 28.2 Å². The van der Waals surface area contributed by atoms with Crippen molar-refractivity contribution in [1.82, 2.24) is 24.8 Å².